The van der Waals surface area contributed by atoms with Crippen LogP contribution in [0.15, 0.2) is 36.4 Å². The Morgan fingerprint density at radius 2 is 1.73 bits per heavy atom. The summed E-state index contributed by atoms with van der Waals surface area (Å²) in [6, 6.07) is 12.8. The number of methoxy groups -OCH3 is 1. The van der Waals surface area contributed by atoms with E-state index in [0.717, 1.165) is 24.1 Å². The van der Waals surface area contributed by atoms with Gasteiger partial charge in [0.15, 0.2) is 0 Å². The molecule has 0 amide bonds. The molecule has 0 bridgehead atoms. The summed E-state index contributed by atoms with van der Waals surface area (Å²) >= 11 is 0. The van der Waals surface area contributed by atoms with E-state index in [1.54, 1.807) is 7.11 Å². The summed E-state index contributed by atoms with van der Waals surface area (Å²) in [5.74, 6) is 1.36. The number of benzene rings is 2. The van der Waals surface area contributed by atoms with Crippen LogP contribution in [0, 0.1) is 5.92 Å². The van der Waals surface area contributed by atoms with Gasteiger partial charge in [0.2, 0.25) is 0 Å². The van der Waals surface area contributed by atoms with Crippen LogP contribution in [0.4, 0.5) is 0 Å². The minimum absolute atomic E-state index is 0.242. The highest BCUT2D eigenvalue weighted by Gasteiger charge is 2.13. The molecular weight excluding hydrogens is 274 g/mol. The van der Waals surface area contributed by atoms with E-state index < -0.39 is 0 Å². The van der Waals surface area contributed by atoms with E-state index in [0.29, 0.717) is 5.92 Å². The predicted molar refractivity (Wildman–Crippen MR) is 92.4 cm³/mol. The van der Waals surface area contributed by atoms with Crippen molar-refractivity contribution in [1.82, 2.24) is 5.32 Å². The Balaban J connectivity index is 2.16. The van der Waals surface area contributed by atoms with Gasteiger partial charge in [0.25, 0.3) is 0 Å². The van der Waals surface area contributed by atoms with Crippen LogP contribution in [0.3, 0.4) is 0 Å². The van der Waals surface area contributed by atoms with Crippen LogP contribution in [0.5, 0.6) is 5.75 Å². The van der Waals surface area contributed by atoms with Gasteiger partial charge in [-0.2, -0.15) is 0 Å². The molecule has 3 atom stereocenters. The lowest BCUT2D eigenvalue weighted by atomic mass is 9.98. The first-order chi connectivity index (χ1) is 10.5. The van der Waals surface area contributed by atoms with Gasteiger partial charge in [0, 0.05) is 11.4 Å². The van der Waals surface area contributed by atoms with Crippen LogP contribution in [0.2, 0.25) is 0 Å². The molecule has 3 unspecified atom stereocenters. The minimum atomic E-state index is -0.242. The maximum atomic E-state index is 9.46. The third-order valence-corrected chi connectivity index (χ3v) is 4.12. The first kappa shape index (κ1) is 16.8. The number of fused-ring (bicyclic) bond motifs is 1. The molecule has 3 heteroatoms. The van der Waals surface area contributed by atoms with E-state index in [1.807, 2.05) is 19.1 Å². The second-order valence-corrected chi connectivity index (χ2v) is 6.22. The SMILES string of the molecule is COc1ccc(C(C)NCC(C)CC(C)O)c2ccccc12. The maximum absolute atomic E-state index is 9.46. The van der Waals surface area contributed by atoms with Gasteiger partial charge in [-0.15, -0.1) is 0 Å². The number of hydrogen-bond donors (Lipinski definition) is 2. The number of aliphatic hydroxyl groups is 1. The molecule has 0 fully saturated rings. The lowest BCUT2D eigenvalue weighted by Crippen LogP contribution is -2.26. The summed E-state index contributed by atoms with van der Waals surface area (Å²) in [5.41, 5.74) is 1.28. The van der Waals surface area contributed by atoms with E-state index >= 15 is 0 Å². The van der Waals surface area contributed by atoms with Crippen molar-refractivity contribution in [3.63, 3.8) is 0 Å². The summed E-state index contributed by atoms with van der Waals surface area (Å²) < 4.78 is 5.46. The van der Waals surface area contributed by atoms with Crippen LogP contribution < -0.4 is 10.1 Å². The summed E-state index contributed by atoms with van der Waals surface area (Å²) in [6.07, 6.45) is 0.581. The summed E-state index contributed by atoms with van der Waals surface area (Å²) in [7, 11) is 1.71. The van der Waals surface area contributed by atoms with E-state index in [1.165, 1.54) is 10.9 Å². The van der Waals surface area contributed by atoms with Gasteiger partial charge < -0.3 is 15.2 Å². The van der Waals surface area contributed by atoms with Gasteiger partial charge in [-0.3, -0.25) is 0 Å². The van der Waals surface area contributed by atoms with Crippen LogP contribution in [0.25, 0.3) is 10.8 Å². The van der Waals surface area contributed by atoms with Crippen LogP contribution in [-0.4, -0.2) is 24.9 Å². The molecular formula is C19H27NO2. The Bertz CT molecular complexity index is 609. The molecule has 0 aliphatic heterocycles. The van der Waals surface area contributed by atoms with Crippen LogP contribution in [-0.2, 0) is 0 Å². The van der Waals surface area contributed by atoms with Gasteiger partial charge >= 0.3 is 0 Å². The van der Waals surface area contributed by atoms with Crippen molar-refractivity contribution >= 4 is 10.8 Å². The van der Waals surface area contributed by atoms with Crippen molar-refractivity contribution in [2.75, 3.05) is 13.7 Å². The first-order valence-corrected chi connectivity index (χ1v) is 8.00. The van der Waals surface area contributed by atoms with E-state index in [-0.39, 0.29) is 12.1 Å². The molecule has 2 rings (SSSR count). The monoisotopic (exact) mass is 301 g/mol. The predicted octanol–water partition coefficient (Wildman–Crippen LogP) is 3.91. The fourth-order valence-corrected chi connectivity index (χ4v) is 3.00. The average Bonchev–Trinajstić information content (AvgIpc) is 2.51. The third kappa shape index (κ3) is 3.99. The lowest BCUT2D eigenvalue weighted by molar-refractivity contribution is 0.162. The van der Waals surface area contributed by atoms with Crippen LogP contribution in [0.1, 0.15) is 38.8 Å². The van der Waals surface area contributed by atoms with Gasteiger partial charge in [-0.1, -0.05) is 37.3 Å². The minimum Gasteiger partial charge on any atom is -0.496 e. The van der Waals surface area contributed by atoms with E-state index in [2.05, 4.69) is 43.4 Å². The molecule has 2 aromatic carbocycles. The number of aliphatic hydroxyl groups excluding tert-OH is 1. The molecule has 0 spiro atoms. The quantitative estimate of drug-likeness (QED) is 0.815. The Morgan fingerprint density at radius 1 is 1.05 bits per heavy atom. The highest BCUT2D eigenvalue weighted by molar-refractivity contribution is 5.91. The summed E-state index contributed by atoms with van der Waals surface area (Å²) in [6.45, 7) is 7.09. The zero-order valence-corrected chi connectivity index (χ0v) is 14.0. The fourth-order valence-electron chi connectivity index (χ4n) is 3.00. The molecule has 0 saturated carbocycles. The first-order valence-electron chi connectivity index (χ1n) is 8.00. The van der Waals surface area contributed by atoms with Gasteiger partial charge in [0.1, 0.15) is 5.75 Å². The Morgan fingerprint density at radius 3 is 2.36 bits per heavy atom. The van der Waals surface area contributed by atoms with Crippen molar-refractivity contribution in [3.05, 3.63) is 42.0 Å². The zero-order valence-electron chi connectivity index (χ0n) is 14.0. The molecule has 2 aromatic rings. The largest absolute Gasteiger partial charge is 0.496 e. The molecule has 0 aliphatic carbocycles. The molecule has 0 aromatic heterocycles. The van der Waals surface area contributed by atoms with Gasteiger partial charge in [0.05, 0.1) is 13.2 Å². The third-order valence-electron chi connectivity index (χ3n) is 4.12. The normalized spacial score (nSPS) is 15.5. The van der Waals surface area contributed by atoms with Crippen molar-refractivity contribution in [1.29, 1.82) is 0 Å². The standard InChI is InChI=1S/C19H27NO2/c1-13(11-14(2)21)12-20-15(3)16-9-10-19(22-4)18-8-6-5-7-17(16)18/h5-10,13-15,20-21H,11-12H2,1-4H3. The van der Waals surface area contributed by atoms with E-state index in [4.69, 9.17) is 4.74 Å². The average molecular weight is 301 g/mol. The van der Waals surface area contributed by atoms with Gasteiger partial charge in [-0.25, -0.2) is 0 Å². The number of hydrogen-bond acceptors (Lipinski definition) is 3. The Hall–Kier alpha value is -1.58. The molecule has 0 aliphatic rings. The Kier molecular flexibility index (Phi) is 5.81. The lowest BCUT2D eigenvalue weighted by Gasteiger charge is -2.21. The summed E-state index contributed by atoms with van der Waals surface area (Å²) in [5, 5.41) is 15.4. The van der Waals surface area contributed by atoms with Crippen molar-refractivity contribution in [3.8, 4) is 5.75 Å². The van der Waals surface area contributed by atoms with Crippen molar-refractivity contribution < 1.29 is 9.84 Å². The van der Waals surface area contributed by atoms with Crippen molar-refractivity contribution in [2.24, 2.45) is 5.92 Å². The number of ether oxygens (including phenoxy) is 1. The molecule has 120 valence electrons. The van der Waals surface area contributed by atoms with Crippen LogP contribution >= 0.6 is 0 Å². The second-order valence-electron chi connectivity index (χ2n) is 6.22. The maximum Gasteiger partial charge on any atom is 0.126 e. The number of rotatable bonds is 7. The fraction of sp³-hybridized carbons (Fsp3) is 0.474. The van der Waals surface area contributed by atoms with Gasteiger partial charge in [-0.05, 0) is 49.7 Å². The summed E-state index contributed by atoms with van der Waals surface area (Å²) in [4.78, 5) is 0. The highest BCUT2D eigenvalue weighted by Crippen LogP contribution is 2.31. The molecule has 2 N–H and O–H groups in total. The molecule has 22 heavy (non-hydrogen) atoms. The number of nitrogens with one attached hydrogen (secondary N) is 1. The van der Waals surface area contributed by atoms with E-state index in [9.17, 15) is 5.11 Å². The highest BCUT2D eigenvalue weighted by atomic mass is 16.5. The smallest absolute Gasteiger partial charge is 0.126 e. The zero-order chi connectivity index (χ0) is 16.1. The molecule has 0 heterocycles. The topological polar surface area (TPSA) is 41.5 Å². The second kappa shape index (κ2) is 7.61. The molecule has 0 radical (unpaired) electrons. The Labute approximate surface area is 133 Å². The molecule has 3 nitrogen and oxygen atoms in total. The van der Waals surface area contributed by atoms with Crippen molar-refractivity contribution in [2.45, 2.75) is 39.3 Å². The molecule has 0 saturated heterocycles.